The van der Waals surface area contributed by atoms with Gasteiger partial charge in [-0.05, 0) is 103 Å². The molecule has 31 nitrogen and oxygen atoms in total. The molecule has 9 atom stereocenters. The van der Waals surface area contributed by atoms with Crippen LogP contribution >= 0.6 is 0 Å². The fraction of sp³-hybridized carbons (Fsp3) is 0.604. The number of unbranched alkanes of at least 4 members (excludes halogenated alkanes) is 1. The van der Waals surface area contributed by atoms with Gasteiger partial charge in [-0.25, -0.2) is 8.42 Å². The molecule has 0 saturated carbocycles. The number of aliphatic imine (C=N–C) groups is 2. The minimum absolute atomic E-state index is 0.0135. The van der Waals surface area contributed by atoms with Gasteiger partial charge in [0, 0.05) is 50.2 Å². The third-order valence-corrected chi connectivity index (χ3v) is 15.1. The average molecular weight is 1220 g/mol. The minimum atomic E-state index is -4.32. The van der Waals surface area contributed by atoms with E-state index in [0.29, 0.717) is 30.0 Å². The molecule has 3 rings (SSSR count). The van der Waals surface area contributed by atoms with Gasteiger partial charge in [0.25, 0.3) is 0 Å². The Kier molecular flexibility index (Phi) is 29.2. The lowest BCUT2D eigenvalue weighted by atomic mass is 10.0. The summed E-state index contributed by atoms with van der Waals surface area (Å²) in [5.41, 5.74) is 33.5. The number of carbonyl (C=O) groups is 9. The number of fused-ring (bicyclic) bond motifs is 1. The van der Waals surface area contributed by atoms with Crippen molar-refractivity contribution in [2.75, 3.05) is 58.3 Å². The molecule has 474 valence electrons. The maximum absolute atomic E-state index is 14.4. The Balaban J connectivity index is 1.68. The first-order chi connectivity index (χ1) is 40.0. The van der Waals surface area contributed by atoms with E-state index in [0.717, 1.165) is 5.69 Å². The van der Waals surface area contributed by atoms with Crippen molar-refractivity contribution >= 4 is 91.6 Å². The molecule has 1 heterocycles. The van der Waals surface area contributed by atoms with Crippen molar-refractivity contribution in [2.24, 2.45) is 50.3 Å². The summed E-state index contributed by atoms with van der Waals surface area (Å²) in [5.74, 6) is -8.61. The van der Waals surface area contributed by atoms with E-state index in [1.807, 2.05) is 38.9 Å². The summed E-state index contributed by atoms with van der Waals surface area (Å²) in [6.45, 7) is 4.94. The van der Waals surface area contributed by atoms with Crippen LogP contribution in [0.15, 0.2) is 51.3 Å². The highest BCUT2D eigenvalue weighted by Gasteiger charge is 2.41. The van der Waals surface area contributed by atoms with Crippen molar-refractivity contribution in [3.05, 3.63) is 36.4 Å². The molecule has 0 spiro atoms. The maximum Gasteiger partial charge on any atom is 0.245 e. The Morgan fingerprint density at radius 2 is 1.19 bits per heavy atom. The molecule has 2 aromatic rings. The van der Waals surface area contributed by atoms with Crippen LogP contribution in [-0.4, -0.2) is 196 Å². The van der Waals surface area contributed by atoms with E-state index in [1.54, 1.807) is 24.3 Å². The fourth-order valence-corrected chi connectivity index (χ4v) is 10.7. The smallest absolute Gasteiger partial charge is 0.245 e. The number of hydrogen-bond acceptors (Lipinski definition) is 17. The number of guanidine groups is 2. The Morgan fingerprint density at radius 1 is 0.647 bits per heavy atom. The van der Waals surface area contributed by atoms with Crippen molar-refractivity contribution < 1.29 is 61.8 Å². The number of nitrogens with zero attached hydrogens (tertiary/aromatic N) is 4. The van der Waals surface area contributed by atoms with Crippen LogP contribution in [-0.2, 0) is 53.2 Å². The molecule has 1 aliphatic heterocycles. The van der Waals surface area contributed by atoms with E-state index in [4.69, 9.17) is 34.4 Å². The molecule has 0 unspecified atom stereocenters. The first-order valence-electron chi connectivity index (χ1n) is 28.0. The standard InChI is InChI=1S/C53H88N18O13S/c1-29(2)26-37(69-85(83,84)40-21-10-14-32-33(40)15-9-19-38(32)70(5)6)51(82)71-25-13-20-39(71)48(79)65-35(16-7-8-22-54)47(78)68-43(30(3)72)49(80)63-27-41(74)62-28-42(75)67-44(31(4)73)50(81)66-36(18-12-24-61-53(58)59)46(77)64-34(45(55)76)17-11-23-60-52(56)57/h9-10,14-15,19,21,29-31,34-37,39,43-44,69,72-73H,7-8,11-13,16-18,20,22-28,54H2,1-6H3,(H2,55,76)(H,62,74)(H,63,80)(H,64,77)(H,65,79)(H,66,81)(H,67,75)(H,68,78)(H4,56,57,60)(H4,58,59,61)/t30-,31-,34+,35+,36+,37+,39+,43+,44+/m1/s1. The van der Waals surface area contributed by atoms with E-state index in [2.05, 4.69) is 51.9 Å². The van der Waals surface area contributed by atoms with Gasteiger partial charge in [-0.3, -0.25) is 53.1 Å². The molecule has 0 aliphatic carbocycles. The second kappa shape index (κ2) is 34.7. The zero-order valence-corrected chi connectivity index (χ0v) is 49.9. The van der Waals surface area contributed by atoms with Gasteiger partial charge in [0.05, 0.1) is 30.2 Å². The molecule has 0 aromatic heterocycles. The van der Waals surface area contributed by atoms with Crippen LogP contribution in [0.3, 0.4) is 0 Å². The predicted molar refractivity (Wildman–Crippen MR) is 318 cm³/mol. The summed E-state index contributed by atoms with van der Waals surface area (Å²) < 4.78 is 31.0. The predicted octanol–water partition coefficient (Wildman–Crippen LogP) is -5.27. The van der Waals surface area contributed by atoms with Crippen molar-refractivity contribution in [3.8, 4) is 0 Å². The van der Waals surface area contributed by atoms with Crippen molar-refractivity contribution in [2.45, 2.75) is 151 Å². The number of carbonyl (C=O) groups excluding carboxylic acids is 9. The van der Waals surface area contributed by atoms with Crippen molar-refractivity contribution in [1.29, 1.82) is 0 Å². The molecule has 1 aliphatic rings. The van der Waals surface area contributed by atoms with Crippen LogP contribution in [0.5, 0.6) is 0 Å². The number of aliphatic hydroxyl groups excluding tert-OH is 2. The number of nitrogens with one attached hydrogen (secondary N) is 8. The van der Waals surface area contributed by atoms with E-state index < -0.39 is 131 Å². The van der Waals surface area contributed by atoms with Crippen LogP contribution < -0.4 is 81.2 Å². The first-order valence-corrected chi connectivity index (χ1v) is 29.5. The Labute approximate surface area is 494 Å². The fourth-order valence-electron chi connectivity index (χ4n) is 9.25. The summed E-state index contributed by atoms with van der Waals surface area (Å²) in [5, 5.41) is 39.1. The van der Waals surface area contributed by atoms with Crippen LogP contribution in [0.2, 0.25) is 0 Å². The van der Waals surface area contributed by atoms with Crippen molar-refractivity contribution in [1.82, 2.24) is 46.8 Å². The number of sulfonamides is 1. The van der Waals surface area contributed by atoms with Crippen molar-refractivity contribution in [3.63, 3.8) is 0 Å². The number of likely N-dealkylation sites (tertiary alicyclic amines) is 1. The van der Waals surface area contributed by atoms with Gasteiger partial charge in [0.15, 0.2) is 11.9 Å². The normalized spacial score (nSPS) is 16.0. The number of aliphatic hydroxyl groups is 2. The van der Waals surface area contributed by atoms with E-state index >= 15 is 0 Å². The number of primary amides is 1. The number of amides is 9. The van der Waals surface area contributed by atoms with Gasteiger partial charge in [-0.1, -0.05) is 38.1 Å². The molecule has 9 amide bonds. The van der Waals surface area contributed by atoms with Crippen LogP contribution in [0.25, 0.3) is 10.8 Å². The van der Waals surface area contributed by atoms with E-state index in [-0.39, 0.29) is 93.9 Å². The molecule has 2 aromatic carbocycles. The van der Waals surface area contributed by atoms with Crippen LogP contribution in [0, 0.1) is 5.92 Å². The summed E-state index contributed by atoms with van der Waals surface area (Å²) in [7, 11) is -0.644. The number of anilines is 1. The minimum Gasteiger partial charge on any atom is -0.391 e. The second-order valence-electron chi connectivity index (χ2n) is 21.3. The summed E-state index contributed by atoms with van der Waals surface area (Å²) >= 11 is 0. The highest BCUT2D eigenvalue weighted by molar-refractivity contribution is 7.89. The zero-order valence-electron chi connectivity index (χ0n) is 49.1. The van der Waals surface area contributed by atoms with Gasteiger partial charge in [-0.2, -0.15) is 4.72 Å². The van der Waals surface area contributed by atoms with Gasteiger partial charge >= 0.3 is 0 Å². The number of rotatable bonds is 36. The lowest BCUT2D eigenvalue weighted by molar-refractivity contribution is -0.141. The van der Waals surface area contributed by atoms with Crippen LogP contribution in [0.4, 0.5) is 5.69 Å². The summed E-state index contributed by atoms with van der Waals surface area (Å²) in [6.07, 6.45) is -1.37. The van der Waals surface area contributed by atoms with Crippen LogP contribution in [0.1, 0.15) is 91.9 Å². The van der Waals surface area contributed by atoms with E-state index in [9.17, 15) is 61.8 Å². The van der Waals surface area contributed by atoms with Gasteiger partial charge in [0.2, 0.25) is 63.2 Å². The third kappa shape index (κ3) is 23.2. The lowest BCUT2D eigenvalue weighted by Gasteiger charge is -2.31. The maximum atomic E-state index is 14.4. The SMILES string of the molecule is CC(C)C[C@H](NS(=O)(=O)c1cccc2c(N(C)C)cccc12)C(=O)N1CCC[C@H]1C(=O)N[C@@H](CCCCN)C(=O)N[C@H](C(=O)NCC(=O)NCC(=O)N[C@H](C(=O)N[C@@H](CCCN=C(N)N)C(=O)N[C@@H](CCCN=C(N)N)C(N)=O)[C@@H](C)O)[C@@H](C)O. The molecule has 0 bridgehead atoms. The van der Waals surface area contributed by atoms with E-state index in [1.165, 1.54) is 24.8 Å². The molecule has 85 heavy (non-hydrogen) atoms. The lowest BCUT2D eigenvalue weighted by Crippen LogP contribution is -2.60. The molecule has 22 N–H and O–H groups in total. The number of nitrogens with two attached hydrogens (primary N) is 6. The average Bonchev–Trinajstić information content (AvgIpc) is 3.72. The number of hydrogen-bond donors (Lipinski definition) is 16. The summed E-state index contributed by atoms with van der Waals surface area (Å²) in [4.78, 5) is 132. The highest BCUT2D eigenvalue weighted by atomic mass is 32.2. The topological polar surface area (TPSA) is 512 Å². The Morgan fingerprint density at radius 3 is 1.76 bits per heavy atom. The molecule has 1 fully saturated rings. The highest BCUT2D eigenvalue weighted by Crippen LogP contribution is 2.31. The Bertz CT molecular complexity index is 2810. The van der Waals surface area contributed by atoms with Gasteiger partial charge < -0.3 is 91.6 Å². The molecule has 1 saturated heterocycles. The zero-order chi connectivity index (χ0) is 63.7. The third-order valence-electron chi connectivity index (χ3n) is 13.5. The quantitative estimate of drug-likeness (QED) is 0.0172. The summed E-state index contributed by atoms with van der Waals surface area (Å²) in [6, 6.07) is 0.503. The first kappa shape index (κ1) is 71.3. The molecule has 32 heteroatoms. The monoisotopic (exact) mass is 1220 g/mol. The Hall–Kier alpha value is -7.94. The second-order valence-corrected chi connectivity index (χ2v) is 23.0. The molecule has 0 radical (unpaired) electrons. The van der Waals surface area contributed by atoms with Gasteiger partial charge in [0.1, 0.15) is 42.3 Å². The van der Waals surface area contributed by atoms with Gasteiger partial charge in [-0.15, -0.1) is 0 Å². The number of benzene rings is 2. The molecular weight excluding hydrogens is 1130 g/mol. The largest absolute Gasteiger partial charge is 0.391 e. The molecular formula is C53H88N18O13S.